The van der Waals surface area contributed by atoms with E-state index in [-0.39, 0.29) is 24.0 Å². The SMILES string of the molecule is O=C(CN1CCOCC1C1CCCC1O)N1CCOCC1. The van der Waals surface area contributed by atoms with Gasteiger partial charge in [-0.15, -0.1) is 0 Å². The van der Waals surface area contributed by atoms with E-state index in [0.29, 0.717) is 46.1 Å². The summed E-state index contributed by atoms with van der Waals surface area (Å²) in [5.41, 5.74) is 0. The largest absolute Gasteiger partial charge is 0.393 e. The lowest BCUT2D eigenvalue weighted by Gasteiger charge is -2.40. The maximum absolute atomic E-state index is 12.4. The third kappa shape index (κ3) is 3.56. The van der Waals surface area contributed by atoms with Crippen LogP contribution in [0.3, 0.4) is 0 Å². The minimum Gasteiger partial charge on any atom is -0.393 e. The van der Waals surface area contributed by atoms with Crippen molar-refractivity contribution >= 4 is 5.91 Å². The lowest BCUT2D eigenvalue weighted by molar-refractivity contribution is -0.140. The molecule has 3 rings (SSSR count). The van der Waals surface area contributed by atoms with Gasteiger partial charge in [-0.3, -0.25) is 9.69 Å². The summed E-state index contributed by atoms with van der Waals surface area (Å²) in [4.78, 5) is 16.5. The lowest BCUT2D eigenvalue weighted by Crippen LogP contribution is -2.55. The van der Waals surface area contributed by atoms with Gasteiger partial charge in [0.15, 0.2) is 0 Å². The molecule has 6 heteroatoms. The number of carbonyl (C=O) groups excluding carboxylic acids is 1. The average molecular weight is 298 g/mol. The molecular weight excluding hydrogens is 272 g/mol. The van der Waals surface area contributed by atoms with Crippen LogP contribution in [0.5, 0.6) is 0 Å². The Balaban J connectivity index is 1.59. The van der Waals surface area contributed by atoms with E-state index in [1.54, 1.807) is 0 Å². The van der Waals surface area contributed by atoms with Crippen LogP contribution in [0.25, 0.3) is 0 Å². The van der Waals surface area contributed by atoms with Crippen molar-refractivity contribution in [1.82, 2.24) is 9.80 Å². The zero-order valence-corrected chi connectivity index (χ0v) is 12.6. The third-order valence-corrected chi connectivity index (χ3v) is 5.01. The summed E-state index contributed by atoms with van der Waals surface area (Å²) in [7, 11) is 0. The molecule has 3 fully saturated rings. The Bertz CT molecular complexity index is 360. The van der Waals surface area contributed by atoms with Crippen LogP contribution in [-0.4, -0.2) is 85.6 Å². The fraction of sp³-hybridized carbons (Fsp3) is 0.933. The van der Waals surface area contributed by atoms with Gasteiger partial charge < -0.3 is 19.5 Å². The van der Waals surface area contributed by atoms with Crippen molar-refractivity contribution in [2.24, 2.45) is 5.92 Å². The normalized spacial score (nSPS) is 35.1. The first-order chi connectivity index (χ1) is 10.3. The van der Waals surface area contributed by atoms with E-state index in [1.807, 2.05) is 4.90 Å². The van der Waals surface area contributed by atoms with Gasteiger partial charge in [0.05, 0.1) is 39.1 Å². The average Bonchev–Trinajstić information content (AvgIpc) is 2.95. The van der Waals surface area contributed by atoms with Crippen LogP contribution in [0.1, 0.15) is 19.3 Å². The van der Waals surface area contributed by atoms with Crippen molar-refractivity contribution in [3.05, 3.63) is 0 Å². The molecule has 120 valence electrons. The second-order valence-electron chi connectivity index (χ2n) is 6.27. The summed E-state index contributed by atoms with van der Waals surface area (Å²) in [6.07, 6.45) is 2.76. The first kappa shape index (κ1) is 15.2. The van der Waals surface area contributed by atoms with E-state index in [4.69, 9.17) is 9.47 Å². The van der Waals surface area contributed by atoms with Crippen LogP contribution in [0, 0.1) is 5.92 Å². The van der Waals surface area contributed by atoms with Crippen molar-refractivity contribution in [1.29, 1.82) is 0 Å². The molecule has 0 aromatic carbocycles. The molecule has 0 aromatic rings. The number of carbonyl (C=O) groups is 1. The summed E-state index contributed by atoms with van der Waals surface area (Å²) >= 11 is 0. The van der Waals surface area contributed by atoms with Crippen LogP contribution in [0.2, 0.25) is 0 Å². The monoisotopic (exact) mass is 298 g/mol. The number of hydrogen-bond donors (Lipinski definition) is 1. The second kappa shape index (κ2) is 7.05. The molecule has 3 aliphatic rings. The summed E-state index contributed by atoms with van der Waals surface area (Å²) in [6.45, 7) is 5.20. The van der Waals surface area contributed by atoms with E-state index in [0.717, 1.165) is 25.8 Å². The maximum Gasteiger partial charge on any atom is 0.236 e. The van der Waals surface area contributed by atoms with Crippen molar-refractivity contribution < 1.29 is 19.4 Å². The number of ether oxygens (including phenoxy) is 2. The molecule has 2 aliphatic heterocycles. The number of amides is 1. The molecule has 0 aromatic heterocycles. The number of nitrogens with zero attached hydrogens (tertiary/aromatic N) is 2. The Morgan fingerprint density at radius 1 is 1.10 bits per heavy atom. The Kier molecular flexibility index (Phi) is 5.11. The number of rotatable bonds is 3. The van der Waals surface area contributed by atoms with Gasteiger partial charge in [0.25, 0.3) is 0 Å². The number of aliphatic hydroxyl groups is 1. The van der Waals surface area contributed by atoms with Gasteiger partial charge >= 0.3 is 0 Å². The fourth-order valence-electron chi connectivity index (χ4n) is 3.75. The molecule has 0 bridgehead atoms. The summed E-state index contributed by atoms with van der Waals surface area (Å²) < 4.78 is 10.9. The maximum atomic E-state index is 12.4. The first-order valence-corrected chi connectivity index (χ1v) is 8.11. The van der Waals surface area contributed by atoms with Gasteiger partial charge in [0, 0.05) is 31.6 Å². The minimum atomic E-state index is -0.238. The summed E-state index contributed by atoms with van der Waals surface area (Å²) in [5, 5.41) is 10.1. The molecule has 21 heavy (non-hydrogen) atoms. The second-order valence-corrected chi connectivity index (χ2v) is 6.27. The summed E-state index contributed by atoms with van der Waals surface area (Å²) in [5.74, 6) is 0.431. The van der Waals surface area contributed by atoms with Crippen LogP contribution < -0.4 is 0 Å². The number of morpholine rings is 2. The van der Waals surface area contributed by atoms with Crippen LogP contribution in [0.15, 0.2) is 0 Å². The standard InChI is InChI=1S/C15H26N2O4/c18-14-3-1-2-12(14)13-11-21-9-6-17(13)10-15(19)16-4-7-20-8-5-16/h12-14,18H,1-11H2. The van der Waals surface area contributed by atoms with Crippen molar-refractivity contribution in [2.75, 3.05) is 52.6 Å². The predicted molar refractivity (Wildman–Crippen MR) is 76.9 cm³/mol. The topological polar surface area (TPSA) is 62.2 Å². The molecular formula is C15H26N2O4. The highest BCUT2D eigenvalue weighted by Crippen LogP contribution is 2.32. The molecule has 3 atom stereocenters. The molecule has 1 aliphatic carbocycles. The quantitative estimate of drug-likeness (QED) is 0.775. The van der Waals surface area contributed by atoms with Gasteiger partial charge in [-0.25, -0.2) is 0 Å². The van der Waals surface area contributed by atoms with Crippen molar-refractivity contribution in [2.45, 2.75) is 31.4 Å². The Labute approximate surface area is 126 Å². The molecule has 3 unspecified atom stereocenters. The van der Waals surface area contributed by atoms with E-state index in [9.17, 15) is 9.90 Å². The van der Waals surface area contributed by atoms with Crippen LogP contribution in [-0.2, 0) is 14.3 Å². The third-order valence-electron chi connectivity index (χ3n) is 5.01. The smallest absolute Gasteiger partial charge is 0.236 e. The van der Waals surface area contributed by atoms with Gasteiger partial charge in [-0.1, -0.05) is 6.42 Å². The lowest BCUT2D eigenvalue weighted by atomic mass is 9.94. The van der Waals surface area contributed by atoms with E-state index in [1.165, 1.54) is 0 Å². The minimum absolute atomic E-state index is 0.178. The highest BCUT2D eigenvalue weighted by atomic mass is 16.5. The van der Waals surface area contributed by atoms with Gasteiger partial charge in [-0.2, -0.15) is 0 Å². The van der Waals surface area contributed by atoms with E-state index in [2.05, 4.69) is 4.90 Å². The molecule has 6 nitrogen and oxygen atoms in total. The highest BCUT2D eigenvalue weighted by molar-refractivity contribution is 5.78. The van der Waals surface area contributed by atoms with Gasteiger partial charge in [0.1, 0.15) is 0 Å². The number of aliphatic hydroxyl groups excluding tert-OH is 1. The van der Waals surface area contributed by atoms with Crippen LogP contribution >= 0.6 is 0 Å². The predicted octanol–water partition coefficient (Wildman–Crippen LogP) is -0.293. The molecule has 0 radical (unpaired) electrons. The van der Waals surface area contributed by atoms with Crippen molar-refractivity contribution in [3.8, 4) is 0 Å². The Morgan fingerprint density at radius 3 is 2.57 bits per heavy atom. The van der Waals surface area contributed by atoms with Crippen molar-refractivity contribution in [3.63, 3.8) is 0 Å². The highest BCUT2D eigenvalue weighted by Gasteiger charge is 2.38. The van der Waals surface area contributed by atoms with Gasteiger partial charge in [-0.05, 0) is 12.8 Å². The molecule has 1 amide bonds. The fourth-order valence-corrected chi connectivity index (χ4v) is 3.75. The molecule has 1 N–H and O–H groups in total. The van der Waals surface area contributed by atoms with Gasteiger partial charge in [0.2, 0.25) is 5.91 Å². The summed E-state index contributed by atoms with van der Waals surface area (Å²) in [6, 6.07) is 0.182. The zero-order chi connectivity index (χ0) is 14.7. The molecule has 1 saturated carbocycles. The Morgan fingerprint density at radius 2 is 1.86 bits per heavy atom. The number of hydrogen-bond acceptors (Lipinski definition) is 5. The Hall–Kier alpha value is -0.690. The molecule has 2 heterocycles. The van der Waals surface area contributed by atoms with E-state index >= 15 is 0 Å². The molecule has 2 saturated heterocycles. The van der Waals surface area contributed by atoms with E-state index < -0.39 is 0 Å². The molecule has 0 spiro atoms. The first-order valence-electron chi connectivity index (χ1n) is 8.11. The van der Waals surface area contributed by atoms with Crippen LogP contribution in [0.4, 0.5) is 0 Å². The zero-order valence-electron chi connectivity index (χ0n) is 12.6.